The van der Waals surface area contributed by atoms with Crippen LogP contribution < -0.4 is 0 Å². The van der Waals surface area contributed by atoms with E-state index in [1.54, 1.807) is 0 Å². The van der Waals surface area contributed by atoms with E-state index in [4.69, 9.17) is 13.9 Å². The number of carbonyl (C=O) groups is 2. The molecule has 0 bridgehead atoms. The highest BCUT2D eigenvalue weighted by Crippen LogP contribution is 2.48. The molecule has 3 atom stereocenters. The summed E-state index contributed by atoms with van der Waals surface area (Å²) in [5, 5.41) is 0.0707. The molecular formula is C18H33NO5Si. The molecule has 0 aromatic rings. The summed E-state index contributed by atoms with van der Waals surface area (Å²) in [5.74, 6) is -0.298. The molecule has 6 nitrogen and oxygen atoms in total. The molecule has 0 radical (unpaired) electrons. The lowest BCUT2D eigenvalue weighted by atomic mass is 9.94. The SMILES string of the molecule is COC(=O)N1CCC[C@@]12C[C@H](OC(C)=O)[C@H](O[Si](C)(C)C(C)(C)C)C2. The van der Waals surface area contributed by atoms with Gasteiger partial charge in [0.1, 0.15) is 6.10 Å². The first kappa shape index (κ1) is 20.2. The Bertz CT molecular complexity index is 530. The highest BCUT2D eigenvalue weighted by Gasteiger charge is 2.56. The van der Waals surface area contributed by atoms with Gasteiger partial charge in [0.15, 0.2) is 8.32 Å². The van der Waals surface area contributed by atoms with Gasteiger partial charge in [0.25, 0.3) is 0 Å². The number of hydrogen-bond acceptors (Lipinski definition) is 5. The van der Waals surface area contributed by atoms with Crippen molar-refractivity contribution in [2.24, 2.45) is 0 Å². The van der Waals surface area contributed by atoms with Gasteiger partial charge in [-0.2, -0.15) is 0 Å². The van der Waals surface area contributed by atoms with Gasteiger partial charge < -0.3 is 18.8 Å². The van der Waals surface area contributed by atoms with E-state index >= 15 is 0 Å². The van der Waals surface area contributed by atoms with Crippen LogP contribution >= 0.6 is 0 Å². The predicted molar refractivity (Wildman–Crippen MR) is 97.9 cm³/mol. The van der Waals surface area contributed by atoms with Gasteiger partial charge in [-0.3, -0.25) is 4.79 Å². The van der Waals surface area contributed by atoms with Gasteiger partial charge >= 0.3 is 12.1 Å². The lowest BCUT2D eigenvalue weighted by Gasteiger charge is -2.40. The Balaban J connectivity index is 2.26. The summed E-state index contributed by atoms with van der Waals surface area (Å²) >= 11 is 0. The molecule has 2 rings (SSSR count). The van der Waals surface area contributed by atoms with Crippen LogP contribution in [-0.2, 0) is 18.7 Å². The molecule has 1 spiro atoms. The van der Waals surface area contributed by atoms with Crippen molar-refractivity contribution in [3.63, 3.8) is 0 Å². The molecule has 0 unspecified atom stereocenters. The van der Waals surface area contributed by atoms with E-state index in [1.807, 2.05) is 4.90 Å². The third-order valence-corrected chi connectivity index (χ3v) is 10.6. The minimum atomic E-state index is -2.01. The topological polar surface area (TPSA) is 65.1 Å². The maximum atomic E-state index is 12.2. The Hall–Kier alpha value is -1.08. The number of amides is 1. The van der Waals surface area contributed by atoms with E-state index in [0.29, 0.717) is 19.4 Å². The Labute approximate surface area is 152 Å². The van der Waals surface area contributed by atoms with E-state index in [-0.39, 0.29) is 34.8 Å². The van der Waals surface area contributed by atoms with Gasteiger partial charge in [-0.05, 0) is 37.4 Å². The third-order valence-electron chi connectivity index (χ3n) is 6.14. The van der Waals surface area contributed by atoms with Crippen molar-refractivity contribution < 1.29 is 23.5 Å². The van der Waals surface area contributed by atoms with Crippen LogP contribution in [0.4, 0.5) is 4.79 Å². The molecule has 1 heterocycles. The molecule has 1 amide bonds. The van der Waals surface area contributed by atoms with Crippen LogP contribution in [0.1, 0.15) is 53.4 Å². The Morgan fingerprint density at radius 1 is 1.16 bits per heavy atom. The maximum absolute atomic E-state index is 12.2. The van der Waals surface area contributed by atoms with E-state index in [1.165, 1.54) is 14.0 Å². The van der Waals surface area contributed by atoms with Gasteiger partial charge in [-0.15, -0.1) is 0 Å². The van der Waals surface area contributed by atoms with Gasteiger partial charge in [-0.25, -0.2) is 4.79 Å². The summed E-state index contributed by atoms with van der Waals surface area (Å²) in [5.41, 5.74) is -0.319. The lowest BCUT2D eigenvalue weighted by molar-refractivity contribution is -0.150. The summed E-state index contributed by atoms with van der Waals surface area (Å²) in [6, 6.07) is 0. The molecule has 1 aliphatic carbocycles. The zero-order chi connectivity index (χ0) is 19.0. The highest BCUT2D eigenvalue weighted by atomic mass is 28.4. The minimum Gasteiger partial charge on any atom is -0.460 e. The van der Waals surface area contributed by atoms with Crippen LogP contribution in [0.15, 0.2) is 0 Å². The Morgan fingerprint density at radius 3 is 2.28 bits per heavy atom. The largest absolute Gasteiger partial charge is 0.460 e. The second-order valence-electron chi connectivity index (χ2n) is 8.92. The lowest BCUT2D eigenvalue weighted by Crippen LogP contribution is -2.47. The Kier molecular flexibility index (Phi) is 5.59. The first-order valence-electron chi connectivity index (χ1n) is 9.12. The summed E-state index contributed by atoms with van der Waals surface area (Å²) in [6.45, 7) is 13.1. The monoisotopic (exact) mass is 371 g/mol. The fraction of sp³-hybridized carbons (Fsp3) is 0.889. The van der Waals surface area contributed by atoms with Gasteiger partial charge in [0.05, 0.1) is 18.8 Å². The number of nitrogens with zero attached hydrogens (tertiary/aromatic N) is 1. The molecule has 144 valence electrons. The standard InChI is InChI=1S/C18H33NO5Si/c1-13(20)23-14-11-18(9-8-10-19(18)16(21)22-5)12-15(14)24-25(6,7)17(2,3)4/h14-15H,8-12H2,1-7H3/t14-,15+,18-/m0/s1. The van der Waals surface area contributed by atoms with Gasteiger partial charge in [0, 0.05) is 19.9 Å². The van der Waals surface area contributed by atoms with E-state index in [0.717, 1.165) is 12.8 Å². The minimum absolute atomic E-state index is 0.0707. The molecule has 7 heteroatoms. The molecule has 0 N–H and O–H groups in total. The number of hydrogen-bond donors (Lipinski definition) is 0. The molecule has 1 saturated heterocycles. The number of rotatable bonds is 3. The number of likely N-dealkylation sites (tertiary alicyclic amines) is 1. The van der Waals surface area contributed by atoms with E-state index in [9.17, 15) is 9.59 Å². The molecule has 25 heavy (non-hydrogen) atoms. The second kappa shape index (κ2) is 6.91. The van der Waals surface area contributed by atoms with Crippen LogP contribution in [0, 0.1) is 0 Å². The van der Waals surface area contributed by atoms with Crippen molar-refractivity contribution in [2.75, 3.05) is 13.7 Å². The van der Waals surface area contributed by atoms with Crippen molar-refractivity contribution in [3.05, 3.63) is 0 Å². The first-order chi connectivity index (χ1) is 11.4. The van der Waals surface area contributed by atoms with Crippen molar-refractivity contribution in [1.82, 2.24) is 4.90 Å². The second-order valence-corrected chi connectivity index (χ2v) is 13.7. The maximum Gasteiger partial charge on any atom is 0.409 e. The molecule has 2 aliphatic rings. The number of carbonyl (C=O) groups excluding carboxylic acids is 2. The molecule has 2 fully saturated rings. The Morgan fingerprint density at radius 2 is 1.76 bits per heavy atom. The average molecular weight is 372 g/mol. The van der Waals surface area contributed by atoms with Gasteiger partial charge in [-0.1, -0.05) is 20.8 Å². The summed E-state index contributed by atoms with van der Waals surface area (Å²) < 4.78 is 17.2. The zero-order valence-electron chi connectivity index (χ0n) is 16.7. The number of methoxy groups -OCH3 is 1. The van der Waals surface area contributed by atoms with Crippen molar-refractivity contribution in [2.45, 2.75) is 89.3 Å². The van der Waals surface area contributed by atoms with Crippen LogP contribution in [0.3, 0.4) is 0 Å². The molecule has 1 saturated carbocycles. The molecular weight excluding hydrogens is 338 g/mol. The molecule has 0 aromatic heterocycles. The van der Waals surface area contributed by atoms with Crippen LogP contribution in [0.5, 0.6) is 0 Å². The van der Waals surface area contributed by atoms with Crippen molar-refractivity contribution >= 4 is 20.4 Å². The van der Waals surface area contributed by atoms with E-state index < -0.39 is 8.32 Å². The smallest absolute Gasteiger partial charge is 0.409 e. The normalized spacial score (nSPS) is 30.0. The van der Waals surface area contributed by atoms with Gasteiger partial charge in [0.2, 0.25) is 0 Å². The van der Waals surface area contributed by atoms with E-state index in [2.05, 4.69) is 33.9 Å². The van der Waals surface area contributed by atoms with Crippen LogP contribution in [-0.4, -0.2) is 56.7 Å². The van der Waals surface area contributed by atoms with Crippen LogP contribution in [0.2, 0.25) is 18.1 Å². The fourth-order valence-electron chi connectivity index (χ4n) is 3.86. The highest BCUT2D eigenvalue weighted by molar-refractivity contribution is 6.74. The van der Waals surface area contributed by atoms with Crippen LogP contribution in [0.25, 0.3) is 0 Å². The summed E-state index contributed by atoms with van der Waals surface area (Å²) in [6.07, 6.45) is 2.39. The van der Waals surface area contributed by atoms with Crippen molar-refractivity contribution in [1.29, 1.82) is 0 Å². The molecule has 0 aromatic carbocycles. The average Bonchev–Trinajstić information content (AvgIpc) is 3.00. The molecule has 1 aliphatic heterocycles. The summed E-state index contributed by atoms with van der Waals surface area (Å²) in [4.78, 5) is 25.6. The predicted octanol–water partition coefficient (Wildman–Crippen LogP) is 3.70. The zero-order valence-corrected chi connectivity index (χ0v) is 17.7. The summed E-state index contributed by atoms with van der Waals surface area (Å²) in [7, 11) is -0.601. The fourth-order valence-corrected chi connectivity index (χ4v) is 5.20. The first-order valence-corrected chi connectivity index (χ1v) is 12.0. The quantitative estimate of drug-likeness (QED) is 0.559. The van der Waals surface area contributed by atoms with Crippen molar-refractivity contribution in [3.8, 4) is 0 Å². The number of ether oxygens (including phenoxy) is 2. The third kappa shape index (κ3) is 4.02. The number of esters is 1.